The van der Waals surface area contributed by atoms with Crippen molar-refractivity contribution in [1.29, 1.82) is 0 Å². The second-order valence-corrected chi connectivity index (χ2v) is 5.76. The molecule has 2 aromatic rings. The van der Waals surface area contributed by atoms with Gasteiger partial charge in [0.2, 0.25) is 0 Å². The van der Waals surface area contributed by atoms with Gasteiger partial charge in [0.25, 0.3) is 0 Å². The van der Waals surface area contributed by atoms with E-state index in [0.29, 0.717) is 6.54 Å². The number of rotatable bonds is 5. The summed E-state index contributed by atoms with van der Waals surface area (Å²) in [5.41, 5.74) is -0.132. The van der Waals surface area contributed by atoms with E-state index in [2.05, 4.69) is 15.7 Å². The number of hydrogen-bond acceptors (Lipinski definition) is 4. The summed E-state index contributed by atoms with van der Waals surface area (Å²) in [6, 6.07) is 3.40. The Balaban J connectivity index is 1.77. The van der Waals surface area contributed by atoms with Crippen molar-refractivity contribution < 1.29 is 9.90 Å². The Morgan fingerprint density at radius 2 is 2.35 bits per heavy atom. The molecule has 0 unspecified atom stereocenters. The minimum atomic E-state index is -1.06. The molecule has 0 fully saturated rings. The van der Waals surface area contributed by atoms with E-state index in [-0.39, 0.29) is 12.6 Å². The van der Waals surface area contributed by atoms with Crippen LogP contribution in [0, 0.1) is 0 Å². The lowest BCUT2D eigenvalue weighted by Gasteiger charge is -2.22. The van der Waals surface area contributed by atoms with E-state index in [1.54, 1.807) is 17.8 Å². The van der Waals surface area contributed by atoms with E-state index in [4.69, 9.17) is 0 Å². The van der Waals surface area contributed by atoms with E-state index in [0.717, 1.165) is 10.4 Å². The van der Waals surface area contributed by atoms with Crippen molar-refractivity contribution in [3.05, 3.63) is 40.3 Å². The number of carbonyl (C=O) groups excluding carboxylic acids is 1. The largest absolute Gasteiger partial charge is 0.383 e. The third-order valence-corrected chi connectivity index (χ3v) is 3.98. The maximum atomic E-state index is 11.7. The summed E-state index contributed by atoms with van der Waals surface area (Å²) in [4.78, 5) is 12.5. The number of hydrogen-bond donors (Lipinski definition) is 3. The Bertz CT molecular complexity index is 563. The van der Waals surface area contributed by atoms with Crippen LogP contribution in [0.3, 0.4) is 0 Å². The van der Waals surface area contributed by atoms with Crippen molar-refractivity contribution >= 4 is 17.4 Å². The molecule has 108 valence electrons. The average Bonchev–Trinajstić information content (AvgIpc) is 3.05. The first-order valence-corrected chi connectivity index (χ1v) is 7.11. The molecule has 0 aliphatic carbocycles. The number of nitrogens with one attached hydrogen (secondary N) is 2. The minimum absolute atomic E-state index is 0.159. The molecule has 0 aromatic carbocycles. The van der Waals surface area contributed by atoms with Crippen LogP contribution in [0.25, 0.3) is 0 Å². The van der Waals surface area contributed by atoms with Gasteiger partial charge in [-0.15, -0.1) is 11.3 Å². The molecule has 2 aromatic heterocycles. The molecule has 0 spiro atoms. The lowest BCUT2D eigenvalue weighted by molar-refractivity contribution is 0.0631. The smallest absolute Gasteiger partial charge is 0.315 e. The first kappa shape index (κ1) is 14.5. The highest BCUT2D eigenvalue weighted by molar-refractivity contribution is 7.10. The van der Waals surface area contributed by atoms with E-state index >= 15 is 0 Å². The molecule has 1 atom stereocenters. The van der Waals surface area contributed by atoms with Crippen LogP contribution in [-0.4, -0.2) is 27.5 Å². The van der Waals surface area contributed by atoms with E-state index < -0.39 is 5.60 Å². The lowest BCUT2D eigenvalue weighted by atomic mass is 10.1. The molecule has 0 aliphatic heterocycles. The second kappa shape index (κ2) is 6.06. The van der Waals surface area contributed by atoms with Gasteiger partial charge in [0, 0.05) is 30.2 Å². The van der Waals surface area contributed by atoms with Crippen LogP contribution in [0.5, 0.6) is 0 Å². The Morgan fingerprint density at radius 1 is 1.55 bits per heavy atom. The van der Waals surface area contributed by atoms with Gasteiger partial charge in [-0.25, -0.2) is 4.79 Å². The van der Waals surface area contributed by atoms with Crippen LogP contribution in [-0.2, 0) is 19.2 Å². The summed E-state index contributed by atoms with van der Waals surface area (Å²) >= 11 is 1.46. The molecule has 0 aliphatic rings. The van der Waals surface area contributed by atoms with E-state index in [1.165, 1.54) is 11.3 Å². The van der Waals surface area contributed by atoms with Crippen molar-refractivity contribution in [2.45, 2.75) is 19.1 Å². The number of urea groups is 1. The quantitative estimate of drug-likeness (QED) is 0.775. The second-order valence-electron chi connectivity index (χ2n) is 4.81. The van der Waals surface area contributed by atoms with Gasteiger partial charge >= 0.3 is 6.03 Å². The van der Waals surface area contributed by atoms with Crippen LogP contribution in [0.15, 0.2) is 29.9 Å². The number of aromatic nitrogens is 2. The average molecular weight is 294 g/mol. The van der Waals surface area contributed by atoms with Crippen LogP contribution >= 0.6 is 11.3 Å². The fourth-order valence-corrected chi connectivity index (χ4v) is 2.52. The maximum absolute atomic E-state index is 11.7. The highest BCUT2D eigenvalue weighted by Gasteiger charge is 2.24. The Hall–Kier alpha value is -1.86. The molecule has 2 heterocycles. The number of amides is 2. The number of carbonyl (C=O) groups is 1. The van der Waals surface area contributed by atoms with Gasteiger partial charge in [-0.3, -0.25) is 4.68 Å². The Labute approximate surface area is 121 Å². The summed E-state index contributed by atoms with van der Waals surface area (Å²) < 4.78 is 1.68. The molecule has 0 saturated carbocycles. The van der Waals surface area contributed by atoms with E-state index in [9.17, 15) is 9.90 Å². The fraction of sp³-hybridized carbons (Fsp3) is 0.385. The molecular formula is C13H18N4O2S. The Kier molecular flexibility index (Phi) is 4.41. The molecule has 0 bridgehead atoms. The SMILES string of the molecule is Cn1cc(CNC(=O)NC[C@](C)(O)c2cccs2)cn1. The summed E-state index contributed by atoms with van der Waals surface area (Å²) in [5, 5.41) is 21.6. The van der Waals surface area contributed by atoms with Gasteiger partial charge in [0.1, 0.15) is 5.60 Å². The highest BCUT2D eigenvalue weighted by Crippen LogP contribution is 2.24. The molecule has 6 nitrogen and oxygen atoms in total. The van der Waals surface area contributed by atoms with Crippen LogP contribution in [0.1, 0.15) is 17.4 Å². The summed E-state index contributed by atoms with van der Waals surface area (Å²) in [6.07, 6.45) is 3.53. The molecule has 7 heteroatoms. The van der Waals surface area contributed by atoms with Gasteiger partial charge in [-0.05, 0) is 18.4 Å². The summed E-state index contributed by atoms with van der Waals surface area (Å²) in [6.45, 7) is 2.24. The van der Waals surface area contributed by atoms with Gasteiger partial charge in [-0.1, -0.05) is 6.07 Å². The minimum Gasteiger partial charge on any atom is -0.383 e. The number of thiophene rings is 1. The number of aryl methyl sites for hydroxylation is 1. The zero-order valence-corrected chi connectivity index (χ0v) is 12.3. The van der Waals surface area contributed by atoms with Crippen molar-refractivity contribution in [2.24, 2.45) is 7.05 Å². The molecule has 2 amide bonds. The fourth-order valence-electron chi connectivity index (χ4n) is 1.73. The zero-order chi connectivity index (χ0) is 14.6. The van der Waals surface area contributed by atoms with Crippen LogP contribution in [0.2, 0.25) is 0 Å². The molecule has 2 rings (SSSR count). The standard InChI is InChI=1S/C13H18N4O2S/c1-13(19,11-4-3-5-20-11)9-15-12(18)14-6-10-7-16-17(2)8-10/h3-5,7-8,19H,6,9H2,1-2H3,(H2,14,15,18)/t13-/m0/s1. The third-order valence-electron chi connectivity index (χ3n) is 2.86. The first-order valence-electron chi connectivity index (χ1n) is 6.23. The van der Waals surface area contributed by atoms with E-state index in [1.807, 2.05) is 30.8 Å². The van der Waals surface area contributed by atoms with Gasteiger partial charge in [0.15, 0.2) is 0 Å². The monoisotopic (exact) mass is 294 g/mol. The van der Waals surface area contributed by atoms with Crippen molar-refractivity contribution in [2.75, 3.05) is 6.54 Å². The third kappa shape index (κ3) is 3.82. The number of nitrogens with zero attached hydrogens (tertiary/aromatic N) is 2. The van der Waals surface area contributed by atoms with Crippen LogP contribution in [0.4, 0.5) is 4.79 Å². The molecule has 3 N–H and O–H groups in total. The van der Waals surface area contributed by atoms with Crippen LogP contribution < -0.4 is 10.6 Å². The molecule has 0 radical (unpaired) electrons. The van der Waals surface area contributed by atoms with Crippen molar-refractivity contribution in [1.82, 2.24) is 20.4 Å². The van der Waals surface area contributed by atoms with Crippen molar-refractivity contribution in [3.8, 4) is 0 Å². The van der Waals surface area contributed by atoms with Crippen molar-refractivity contribution in [3.63, 3.8) is 0 Å². The van der Waals surface area contributed by atoms with Gasteiger partial charge < -0.3 is 15.7 Å². The van der Waals surface area contributed by atoms with Gasteiger partial charge in [-0.2, -0.15) is 5.10 Å². The highest BCUT2D eigenvalue weighted by atomic mass is 32.1. The Morgan fingerprint density at radius 3 is 2.95 bits per heavy atom. The predicted octanol–water partition coefficient (Wildman–Crippen LogP) is 1.19. The number of aliphatic hydroxyl groups is 1. The summed E-state index contributed by atoms with van der Waals surface area (Å²) in [7, 11) is 1.82. The molecular weight excluding hydrogens is 276 g/mol. The topological polar surface area (TPSA) is 79.2 Å². The van der Waals surface area contributed by atoms with Gasteiger partial charge in [0.05, 0.1) is 12.7 Å². The lowest BCUT2D eigenvalue weighted by Crippen LogP contribution is -2.42. The first-order chi connectivity index (χ1) is 9.47. The normalized spacial score (nSPS) is 13.8. The zero-order valence-electron chi connectivity index (χ0n) is 11.5. The maximum Gasteiger partial charge on any atom is 0.315 e. The molecule has 20 heavy (non-hydrogen) atoms. The summed E-state index contributed by atoms with van der Waals surface area (Å²) in [5.74, 6) is 0. The predicted molar refractivity (Wildman–Crippen MR) is 77.3 cm³/mol. The molecule has 0 saturated heterocycles.